The van der Waals surface area contributed by atoms with E-state index in [0.717, 1.165) is 0 Å². The van der Waals surface area contributed by atoms with Crippen LogP contribution in [0.3, 0.4) is 0 Å². The standard InChI is InChI=1S/C11H8F3NOS/c1-16-8-4-2-7(3-5-8)9-6-17-10(15-9)11(12,13)14/h2-6H,1H3. The number of benzene rings is 1. The van der Waals surface area contributed by atoms with Gasteiger partial charge in [-0.15, -0.1) is 11.3 Å². The highest BCUT2D eigenvalue weighted by molar-refractivity contribution is 7.10. The van der Waals surface area contributed by atoms with Crippen molar-refractivity contribution in [2.24, 2.45) is 0 Å². The van der Waals surface area contributed by atoms with Crippen LogP contribution < -0.4 is 4.74 Å². The van der Waals surface area contributed by atoms with Gasteiger partial charge in [0.25, 0.3) is 0 Å². The smallest absolute Gasteiger partial charge is 0.443 e. The maximum Gasteiger partial charge on any atom is 0.443 e. The van der Waals surface area contributed by atoms with Gasteiger partial charge in [0.05, 0.1) is 12.8 Å². The molecule has 0 aliphatic heterocycles. The lowest BCUT2D eigenvalue weighted by molar-refractivity contribution is -0.137. The topological polar surface area (TPSA) is 22.1 Å². The van der Waals surface area contributed by atoms with Crippen LogP contribution in [0.5, 0.6) is 5.75 Å². The number of hydrogen-bond donors (Lipinski definition) is 0. The molecule has 17 heavy (non-hydrogen) atoms. The van der Waals surface area contributed by atoms with Crippen molar-refractivity contribution in [2.45, 2.75) is 6.18 Å². The molecule has 0 N–H and O–H groups in total. The summed E-state index contributed by atoms with van der Waals surface area (Å²) in [6.07, 6.45) is -4.38. The van der Waals surface area contributed by atoms with Crippen LogP contribution in [0.4, 0.5) is 13.2 Å². The summed E-state index contributed by atoms with van der Waals surface area (Å²) in [6, 6.07) is 6.71. The minimum absolute atomic E-state index is 0.324. The van der Waals surface area contributed by atoms with Crippen LogP contribution >= 0.6 is 11.3 Å². The minimum Gasteiger partial charge on any atom is -0.497 e. The van der Waals surface area contributed by atoms with Crippen molar-refractivity contribution < 1.29 is 17.9 Å². The van der Waals surface area contributed by atoms with Gasteiger partial charge in [0.2, 0.25) is 0 Å². The fourth-order valence-electron chi connectivity index (χ4n) is 1.30. The van der Waals surface area contributed by atoms with Gasteiger partial charge in [0.1, 0.15) is 5.75 Å². The average molecular weight is 259 g/mol. The zero-order valence-corrected chi connectivity index (χ0v) is 9.60. The Morgan fingerprint density at radius 1 is 1.18 bits per heavy atom. The molecule has 0 saturated heterocycles. The van der Waals surface area contributed by atoms with Crippen LogP contribution in [-0.4, -0.2) is 12.1 Å². The lowest BCUT2D eigenvalue weighted by Crippen LogP contribution is -2.03. The van der Waals surface area contributed by atoms with Crippen LogP contribution in [0.15, 0.2) is 29.6 Å². The number of nitrogens with zero attached hydrogens (tertiary/aromatic N) is 1. The van der Waals surface area contributed by atoms with Crippen molar-refractivity contribution in [1.29, 1.82) is 0 Å². The summed E-state index contributed by atoms with van der Waals surface area (Å²) < 4.78 is 42.1. The molecule has 1 aromatic carbocycles. The van der Waals surface area contributed by atoms with Crippen LogP contribution in [0.25, 0.3) is 11.3 Å². The molecule has 0 saturated carbocycles. The zero-order valence-electron chi connectivity index (χ0n) is 8.78. The van der Waals surface area contributed by atoms with Crippen LogP contribution in [0, 0.1) is 0 Å². The SMILES string of the molecule is COc1ccc(-c2csc(C(F)(F)F)n2)cc1. The van der Waals surface area contributed by atoms with E-state index in [2.05, 4.69) is 4.98 Å². The number of alkyl halides is 3. The third-order valence-corrected chi connectivity index (χ3v) is 3.02. The number of methoxy groups -OCH3 is 1. The Hall–Kier alpha value is -1.56. The highest BCUT2D eigenvalue weighted by Crippen LogP contribution is 2.34. The summed E-state index contributed by atoms with van der Waals surface area (Å²) >= 11 is 0.594. The van der Waals surface area contributed by atoms with Gasteiger partial charge in [0, 0.05) is 10.9 Å². The molecule has 1 aromatic heterocycles. The van der Waals surface area contributed by atoms with Crippen molar-refractivity contribution >= 4 is 11.3 Å². The lowest BCUT2D eigenvalue weighted by Gasteiger charge is -2.01. The third kappa shape index (κ3) is 2.58. The third-order valence-electron chi connectivity index (χ3n) is 2.13. The van der Waals surface area contributed by atoms with Crippen molar-refractivity contribution in [1.82, 2.24) is 4.98 Å². The maximum absolute atomic E-state index is 12.4. The summed E-state index contributed by atoms with van der Waals surface area (Å²) in [5.74, 6) is 0.653. The van der Waals surface area contributed by atoms with Crippen molar-refractivity contribution in [2.75, 3.05) is 7.11 Å². The number of halogens is 3. The average Bonchev–Trinajstić information content (AvgIpc) is 2.78. The zero-order chi connectivity index (χ0) is 12.5. The first-order valence-electron chi connectivity index (χ1n) is 4.68. The Labute approximate surface area is 99.7 Å². The van der Waals surface area contributed by atoms with E-state index in [-0.39, 0.29) is 0 Å². The summed E-state index contributed by atoms with van der Waals surface area (Å²) in [6.45, 7) is 0. The Balaban J connectivity index is 2.30. The molecule has 0 spiro atoms. The fraction of sp³-hybridized carbons (Fsp3) is 0.182. The van der Waals surface area contributed by atoms with Gasteiger partial charge in [0.15, 0.2) is 5.01 Å². The molecule has 0 fully saturated rings. The van der Waals surface area contributed by atoms with E-state index in [4.69, 9.17) is 4.74 Å². The van der Waals surface area contributed by atoms with Crippen molar-refractivity contribution in [3.8, 4) is 17.0 Å². The van der Waals surface area contributed by atoms with Crippen LogP contribution in [0.2, 0.25) is 0 Å². The molecular formula is C11H8F3NOS. The van der Waals surface area contributed by atoms with E-state index >= 15 is 0 Å². The van der Waals surface area contributed by atoms with Gasteiger partial charge >= 0.3 is 6.18 Å². The fourth-order valence-corrected chi connectivity index (χ4v) is 2.00. The molecule has 2 rings (SSSR count). The highest BCUT2D eigenvalue weighted by atomic mass is 32.1. The van der Waals surface area contributed by atoms with Gasteiger partial charge in [-0.25, -0.2) is 4.98 Å². The van der Waals surface area contributed by atoms with Crippen molar-refractivity contribution in [3.63, 3.8) is 0 Å². The molecule has 0 radical (unpaired) electrons. The largest absolute Gasteiger partial charge is 0.497 e. The minimum atomic E-state index is -4.38. The van der Waals surface area contributed by atoms with Crippen LogP contribution in [0.1, 0.15) is 5.01 Å². The number of ether oxygens (including phenoxy) is 1. The lowest BCUT2D eigenvalue weighted by atomic mass is 10.2. The Bertz CT molecular complexity index is 504. The van der Waals surface area contributed by atoms with Crippen LogP contribution in [-0.2, 0) is 6.18 Å². The monoisotopic (exact) mass is 259 g/mol. The predicted molar refractivity (Wildman–Crippen MR) is 59.1 cm³/mol. The van der Waals surface area contributed by atoms with E-state index in [1.54, 1.807) is 24.3 Å². The Morgan fingerprint density at radius 3 is 2.29 bits per heavy atom. The van der Waals surface area contributed by atoms with Gasteiger partial charge in [-0.2, -0.15) is 13.2 Å². The second-order valence-electron chi connectivity index (χ2n) is 3.26. The maximum atomic E-state index is 12.4. The molecule has 0 atom stereocenters. The predicted octanol–water partition coefficient (Wildman–Crippen LogP) is 3.84. The quantitative estimate of drug-likeness (QED) is 0.817. The molecule has 0 amide bonds. The summed E-state index contributed by atoms with van der Waals surface area (Å²) in [4.78, 5) is 3.56. The number of thiazole rings is 1. The van der Waals surface area contributed by atoms with E-state index in [0.29, 0.717) is 28.3 Å². The number of aromatic nitrogens is 1. The van der Waals surface area contributed by atoms with Gasteiger partial charge < -0.3 is 4.74 Å². The first-order chi connectivity index (χ1) is 8.00. The first kappa shape index (κ1) is 11.9. The van der Waals surface area contributed by atoms with Gasteiger partial charge in [-0.3, -0.25) is 0 Å². The van der Waals surface area contributed by atoms with E-state index in [1.165, 1.54) is 12.5 Å². The van der Waals surface area contributed by atoms with Gasteiger partial charge in [-0.1, -0.05) is 0 Å². The number of hydrogen-bond acceptors (Lipinski definition) is 3. The second-order valence-corrected chi connectivity index (χ2v) is 4.12. The first-order valence-corrected chi connectivity index (χ1v) is 5.56. The summed E-state index contributed by atoms with van der Waals surface area (Å²) in [7, 11) is 1.53. The Kier molecular flexibility index (Phi) is 3.06. The Morgan fingerprint density at radius 2 is 1.82 bits per heavy atom. The number of rotatable bonds is 2. The highest BCUT2D eigenvalue weighted by Gasteiger charge is 2.34. The van der Waals surface area contributed by atoms with Crippen molar-refractivity contribution in [3.05, 3.63) is 34.7 Å². The molecule has 1 heterocycles. The molecule has 0 aliphatic carbocycles. The summed E-state index contributed by atoms with van der Waals surface area (Å²) in [5, 5.41) is 0.563. The van der Waals surface area contributed by atoms with E-state index < -0.39 is 11.2 Å². The molecule has 6 heteroatoms. The molecular weight excluding hydrogens is 251 g/mol. The second kappa shape index (κ2) is 4.37. The molecule has 2 nitrogen and oxygen atoms in total. The molecule has 0 unspecified atom stereocenters. The summed E-state index contributed by atoms with van der Waals surface area (Å²) in [5.41, 5.74) is 0.961. The molecule has 0 aliphatic rings. The normalized spacial score (nSPS) is 11.5. The van der Waals surface area contributed by atoms with E-state index in [1.807, 2.05) is 0 Å². The van der Waals surface area contributed by atoms with E-state index in [9.17, 15) is 13.2 Å². The molecule has 2 aromatic rings. The molecule has 0 bridgehead atoms. The molecule has 90 valence electrons. The van der Waals surface area contributed by atoms with Gasteiger partial charge in [-0.05, 0) is 24.3 Å².